The molecule has 0 aliphatic heterocycles. The van der Waals surface area contributed by atoms with Crippen LogP contribution in [-0.2, 0) is 0 Å². The van der Waals surface area contributed by atoms with Gasteiger partial charge in [-0.1, -0.05) is 0 Å². The molecular weight excluding hydrogens is 176 g/mol. The summed E-state index contributed by atoms with van der Waals surface area (Å²) in [4.78, 5) is 0. The predicted octanol–water partition coefficient (Wildman–Crippen LogP) is 1.69. The van der Waals surface area contributed by atoms with E-state index in [-0.39, 0.29) is 18.4 Å². The van der Waals surface area contributed by atoms with Gasteiger partial charge in [-0.05, 0) is 19.1 Å². The molecule has 0 aromatic heterocycles. The highest BCUT2D eigenvalue weighted by Gasteiger charge is 2.05. The van der Waals surface area contributed by atoms with E-state index in [1.165, 1.54) is 0 Å². The zero-order valence-corrected chi connectivity index (χ0v) is 7.26. The number of benzene rings is 1. The molecule has 0 radical (unpaired) electrons. The summed E-state index contributed by atoms with van der Waals surface area (Å²) in [6, 6.07) is 2.85. The number of hydrogen-bond acceptors (Lipinski definition) is 2. The first-order valence-corrected chi connectivity index (χ1v) is 3.93. The van der Waals surface area contributed by atoms with Gasteiger partial charge in [0, 0.05) is 12.1 Å². The molecule has 1 aromatic carbocycles. The fourth-order valence-electron chi connectivity index (χ4n) is 0.809. The van der Waals surface area contributed by atoms with E-state index in [0.717, 1.165) is 18.2 Å². The molecule has 13 heavy (non-hydrogen) atoms. The van der Waals surface area contributed by atoms with E-state index in [1.807, 2.05) is 0 Å². The molecule has 2 nitrogen and oxygen atoms in total. The second-order valence-corrected chi connectivity index (χ2v) is 2.86. The molecule has 0 unspecified atom stereocenters. The molecule has 72 valence electrons. The molecule has 1 atom stereocenters. The number of halogens is 2. The van der Waals surface area contributed by atoms with Crippen molar-refractivity contribution in [1.82, 2.24) is 0 Å². The lowest BCUT2D eigenvalue weighted by Gasteiger charge is -2.09. The minimum absolute atomic E-state index is 0.0997. The van der Waals surface area contributed by atoms with Crippen LogP contribution in [0.25, 0.3) is 0 Å². The summed E-state index contributed by atoms with van der Waals surface area (Å²) < 4.78 is 30.4. The molecule has 0 heterocycles. The average molecular weight is 187 g/mol. The van der Waals surface area contributed by atoms with Gasteiger partial charge in [0.25, 0.3) is 0 Å². The Labute approximate surface area is 75.3 Å². The SMILES string of the molecule is C[C@@H](N)COc1cc(F)ccc1F. The first-order chi connectivity index (χ1) is 6.09. The van der Waals surface area contributed by atoms with Gasteiger partial charge in [-0.2, -0.15) is 0 Å². The van der Waals surface area contributed by atoms with Crippen molar-refractivity contribution in [2.45, 2.75) is 13.0 Å². The topological polar surface area (TPSA) is 35.2 Å². The zero-order chi connectivity index (χ0) is 9.84. The fourth-order valence-corrected chi connectivity index (χ4v) is 0.809. The molecule has 0 spiro atoms. The highest BCUT2D eigenvalue weighted by atomic mass is 19.1. The number of hydrogen-bond donors (Lipinski definition) is 1. The largest absolute Gasteiger partial charge is 0.489 e. The van der Waals surface area contributed by atoms with Crippen LogP contribution in [0, 0.1) is 11.6 Å². The highest BCUT2D eigenvalue weighted by molar-refractivity contribution is 5.24. The Morgan fingerprint density at radius 3 is 2.77 bits per heavy atom. The van der Waals surface area contributed by atoms with E-state index in [0.29, 0.717) is 0 Å². The van der Waals surface area contributed by atoms with Crippen molar-refractivity contribution in [2.75, 3.05) is 6.61 Å². The normalized spacial score (nSPS) is 12.6. The van der Waals surface area contributed by atoms with Gasteiger partial charge in [-0.25, -0.2) is 8.78 Å². The van der Waals surface area contributed by atoms with Gasteiger partial charge in [-0.15, -0.1) is 0 Å². The van der Waals surface area contributed by atoms with Crippen LogP contribution in [0.2, 0.25) is 0 Å². The molecule has 0 aliphatic rings. The fraction of sp³-hybridized carbons (Fsp3) is 0.333. The maximum absolute atomic E-state index is 12.9. The van der Waals surface area contributed by atoms with Crippen molar-refractivity contribution in [3.63, 3.8) is 0 Å². The maximum atomic E-state index is 12.9. The van der Waals surface area contributed by atoms with Crippen LogP contribution in [-0.4, -0.2) is 12.6 Å². The second kappa shape index (κ2) is 4.18. The zero-order valence-electron chi connectivity index (χ0n) is 7.26. The molecule has 0 amide bonds. The Balaban J connectivity index is 2.70. The summed E-state index contributed by atoms with van der Waals surface area (Å²) in [6.45, 7) is 1.89. The number of rotatable bonds is 3. The minimum Gasteiger partial charge on any atom is -0.489 e. The van der Waals surface area contributed by atoms with E-state index in [9.17, 15) is 8.78 Å². The summed E-state index contributed by atoms with van der Waals surface area (Å²) in [7, 11) is 0. The van der Waals surface area contributed by atoms with Crippen LogP contribution in [0.15, 0.2) is 18.2 Å². The van der Waals surface area contributed by atoms with Gasteiger partial charge < -0.3 is 10.5 Å². The van der Waals surface area contributed by atoms with Crippen LogP contribution in [0.5, 0.6) is 5.75 Å². The molecule has 1 aromatic rings. The Morgan fingerprint density at radius 1 is 1.46 bits per heavy atom. The Kier molecular flexibility index (Phi) is 3.19. The van der Waals surface area contributed by atoms with Crippen molar-refractivity contribution < 1.29 is 13.5 Å². The summed E-state index contributed by atoms with van der Waals surface area (Å²) in [5.41, 5.74) is 5.39. The highest BCUT2D eigenvalue weighted by Crippen LogP contribution is 2.17. The predicted molar refractivity (Wildman–Crippen MR) is 45.5 cm³/mol. The van der Waals surface area contributed by atoms with Gasteiger partial charge >= 0.3 is 0 Å². The molecule has 0 saturated heterocycles. The molecular formula is C9H11F2NO. The van der Waals surface area contributed by atoms with Crippen LogP contribution < -0.4 is 10.5 Å². The lowest BCUT2D eigenvalue weighted by molar-refractivity contribution is 0.281. The lowest BCUT2D eigenvalue weighted by Crippen LogP contribution is -2.23. The molecule has 2 N–H and O–H groups in total. The third kappa shape index (κ3) is 2.99. The molecule has 0 saturated carbocycles. The van der Waals surface area contributed by atoms with Crippen LogP contribution in [0.1, 0.15) is 6.92 Å². The van der Waals surface area contributed by atoms with Crippen LogP contribution >= 0.6 is 0 Å². The number of nitrogens with two attached hydrogens (primary N) is 1. The lowest BCUT2D eigenvalue weighted by atomic mass is 10.3. The molecule has 0 bridgehead atoms. The van der Waals surface area contributed by atoms with E-state index in [1.54, 1.807) is 6.92 Å². The monoisotopic (exact) mass is 187 g/mol. The van der Waals surface area contributed by atoms with Crippen molar-refractivity contribution in [2.24, 2.45) is 5.73 Å². The van der Waals surface area contributed by atoms with Crippen LogP contribution in [0.4, 0.5) is 8.78 Å². The smallest absolute Gasteiger partial charge is 0.165 e. The van der Waals surface area contributed by atoms with Crippen molar-refractivity contribution >= 4 is 0 Å². The molecule has 4 heteroatoms. The quantitative estimate of drug-likeness (QED) is 0.781. The van der Waals surface area contributed by atoms with Gasteiger partial charge in [0.1, 0.15) is 12.4 Å². The van der Waals surface area contributed by atoms with Gasteiger partial charge in [0.2, 0.25) is 0 Å². The second-order valence-electron chi connectivity index (χ2n) is 2.86. The number of ether oxygens (including phenoxy) is 1. The first-order valence-electron chi connectivity index (χ1n) is 3.93. The van der Waals surface area contributed by atoms with Gasteiger partial charge in [0.05, 0.1) is 0 Å². The third-order valence-corrected chi connectivity index (χ3v) is 1.39. The van der Waals surface area contributed by atoms with E-state index in [4.69, 9.17) is 10.5 Å². The summed E-state index contributed by atoms with van der Waals surface area (Å²) in [5.74, 6) is -1.21. The van der Waals surface area contributed by atoms with Gasteiger partial charge in [-0.3, -0.25) is 0 Å². The first kappa shape index (κ1) is 9.92. The summed E-state index contributed by atoms with van der Waals surface area (Å²) >= 11 is 0. The van der Waals surface area contributed by atoms with Crippen molar-refractivity contribution in [3.8, 4) is 5.75 Å². The standard InChI is InChI=1S/C9H11F2NO/c1-6(12)5-13-9-4-7(10)2-3-8(9)11/h2-4,6H,5,12H2,1H3/t6-/m1/s1. The summed E-state index contributed by atoms with van der Waals surface area (Å²) in [6.07, 6.45) is 0. The van der Waals surface area contributed by atoms with Crippen molar-refractivity contribution in [1.29, 1.82) is 0 Å². The Morgan fingerprint density at radius 2 is 2.15 bits per heavy atom. The van der Waals surface area contributed by atoms with Crippen molar-refractivity contribution in [3.05, 3.63) is 29.8 Å². The average Bonchev–Trinajstić information content (AvgIpc) is 2.06. The Bertz CT molecular complexity index is 289. The van der Waals surface area contributed by atoms with Gasteiger partial charge in [0.15, 0.2) is 11.6 Å². The Hall–Kier alpha value is -1.16. The maximum Gasteiger partial charge on any atom is 0.165 e. The van der Waals surface area contributed by atoms with E-state index >= 15 is 0 Å². The molecule has 0 fully saturated rings. The summed E-state index contributed by atoms with van der Waals surface area (Å²) in [5, 5.41) is 0. The third-order valence-electron chi connectivity index (χ3n) is 1.39. The minimum atomic E-state index is -0.581. The molecule has 1 rings (SSSR count). The van der Waals surface area contributed by atoms with E-state index < -0.39 is 11.6 Å². The molecule has 0 aliphatic carbocycles. The van der Waals surface area contributed by atoms with Crippen LogP contribution in [0.3, 0.4) is 0 Å². The van der Waals surface area contributed by atoms with E-state index in [2.05, 4.69) is 0 Å².